The van der Waals surface area contributed by atoms with E-state index in [1.807, 2.05) is 0 Å². The normalized spacial score (nSPS) is 26.6. The van der Waals surface area contributed by atoms with Crippen molar-refractivity contribution in [2.24, 2.45) is 0 Å². The average molecular weight is 379 g/mol. The number of allylic oxidation sites excluding steroid dienone is 8. The van der Waals surface area contributed by atoms with E-state index in [0.717, 1.165) is 6.42 Å². The van der Waals surface area contributed by atoms with Crippen molar-refractivity contribution in [3.63, 3.8) is 0 Å². The van der Waals surface area contributed by atoms with E-state index in [-0.39, 0.29) is 0 Å². The standard InChI is InChI=1S/C19H22S4/c1-2-6-15-13-14(5-1)16(18-20-9-3-10-21-18)7-8-17(15)19-22-11-4-12-23-19/h1-2,5-8,18-19H,3-4,9-13H2. The van der Waals surface area contributed by atoms with E-state index in [0.29, 0.717) is 9.16 Å². The first-order valence-corrected chi connectivity index (χ1v) is 12.6. The molecule has 0 unspecified atom stereocenters. The monoisotopic (exact) mass is 378 g/mol. The van der Waals surface area contributed by atoms with Crippen LogP contribution in [0.4, 0.5) is 0 Å². The lowest BCUT2D eigenvalue weighted by molar-refractivity contribution is 1.08. The highest BCUT2D eigenvalue weighted by molar-refractivity contribution is 8.18. The van der Waals surface area contributed by atoms with Gasteiger partial charge in [0.15, 0.2) is 0 Å². The van der Waals surface area contributed by atoms with Gasteiger partial charge in [-0.25, -0.2) is 0 Å². The third-order valence-corrected chi connectivity index (χ3v) is 10.4. The quantitative estimate of drug-likeness (QED) is 0.572. The molecule has 122 valence electrons. The summed E-state index contributed by atoms with van der Waals surface area (Å²) >= 11 is 8.55. The maximum absolute atomic E-state index is 2.45. The number of hydrogen-bond acceptors (Lipinski definition) is 4. The fourth-order valence-corrected chi connectivity index (χ4v) is 9.28. The van der Waals surface area contributed by atoms with Crippen LogP contribution >= 0.6 is 47.0 Å². The summed E-state index contributed by atoms with van der Waals surface area (Å²) in [5, 5.41) is 0. The van der Waals surface area contributed by atoms with Gasteiger partial charge in [-0.2, -0.15) is 0 Å². The van der Waals surface area contributed by atoms with Crippen LogP contribution in [0.3, 0.4) is 0 Å². The molecule has 0 saturated carbocycles. The molecule has 2 aliphatic carbocycles. The van der Waals surface area contributed by atoms with Crippen LogP contribution in [0.1, 0.15) is 19.3 Å². The van der Waals surface area contributed by atoms with E-state index in [1.165, 1.54) is 47.0 Å². The molecule has 0 aromatic carbocycles. The maximum atomic E-state index is 2.45. The van der Waals surface area contributed by atoms with Crippen LogP contribution in [-0.4, -0.2) is 32.2 Å². The minimum absolute atomic E-state index is 0.630. The zero-order chi connectivity index (χ0) is 15.5. The SMILES string of the molecule is C1=CC=C2CC(=C1)C(C1SCCCS1)=CC=C2C1SCCCS1. The molecule has 0 atom stereocenters. The largest absolute Gasteiger partial charge is 0.143 e. The minimum Gasteiger partial charge on any atom is -0.143 e. The molecule has 2 aliphatic heterocycles. The van der Waals surface area contributed by atoms with E-state index >= 15 is 0 Å². The van der Waals surface area contributed by atoms with Crippen molar-refractivity contribution in [3.05, 3.63) is 58.7 Å². The second-order valence-electron chi connectivity index (χ2n) is 6.04. The van der Waals surface area contributed by atoms with Gasteiger partial charge in [-0.15, -0.1) is 47.0 Å². The molecule has 2 bridgehead atoms. The lowest BCUT2D eigenvalue weighted by Gasteiger charge is -2.26. The molecule has 0 aromatic heterocycles. The topological polar surface area (TPSA) is 0 Å². The van der Waals surface area contributed by atoms with Crippen LogP contribution in [0.25, 0.3) is 0 Å². The third-order valence-electron chi connectivity index (χ3n) is 4.43. The number of rotatable bonds is 2. The van der Waals surface area contributed by atoms with E-state index in [1.54, 1.807) is 11.1 Å². The van der Waals surface area contributed by atoms with Gasteiger partial charge in [0.05, 0.1) is 9.16 Å². The van der Waals surface area contributed by atoms with Gasteiger partial charge in [-0.05, 0) is 64.6 Å². The molecule has 23 heavy (non-hydrogen) atoms. The van der Waals surface area contributed by atoms with E-state index in [4.69, 9.17) is 0 Å². The average Bonchev–Trinajstić information content (AvgIpc) is 2.96. The van der Waals surface area contributed by atoms with E-state index in [9.17, 15) is 0 Å². The first kappa shape index (κ1) is 16.6. The Morgan fingerprint density at radius 1 is 0.609 bits per heavy atom. The van der Waals surface area contributed by atoms with Crippen LogP contribution in [0.15, 0.2) is 58.7 Å². The van der Waals surface area contributed by atoms with Crippen molar-refractivity contribution < 1.29 is 0 Å². The van der Waals surface area contributed by atoms with Crippen molar-refractivity contribution in [2.75, 3.05) is 23.0 Å². The van der Waals surface area contributed by atoms with Crippen molar-refractivity contribution >= 4 is 47.0 Å². The van der Waals surface area contributed by atoms with E-state index in [2.05, 4.69) is 83.5 Å². The molecule has 0 amide bonds. The Morgan fingerprint density at radius 2 is 1.04 bits per heavy atom. The second kappa shape index (κ2) is 7.99. The van der Waals surface area contributed by atoms with Crippen molar-refractivity contribution in [2.45, 2.75) is 28.4 Å². The smallest absolute Gasteiger partial charge is 0.0754 e. The molecule has 4 rings (SSSR count). The highest BCUT2D eigenvalue weighted by Gasteiger charge is 2.27. The summed E-state index contributed by atoms with van der Waals surface area (Å²) in [6.07, 6.45) is 17.9. The third kappa shape index (κ3) is 3.86. The number of fused-ring (bicyclic) bond motifs is 2. The highest BCUT2D eigenvalue weighted by atomic mass is 32.2. The summed E-state index contributed by atoms with van der Waals surface area (Å²) < 4.78 is 1.26. The summed E-state index contributed by atoms with van der Waals surface area (Å²) in [6, 6.07) is 0. The Morgan fingerprint density at radius 3 is 1.48 bits per heavy atom. The molecule has 2 saturated heterocycles. The fourth-order valence-electron chi connectivity index (χ4n) is 3.25. The van der Waals surface area contributed by atoms with Gasteiger partial charge in [-0.3, -0.25) is 0 Å². The Labute approximate surface area is 156 Å². The Bertz CT molecular complexity index is 545. The van der Waals surface area contributed by atoms with Crippen LogP contribution in [0, 0.1) is 0 Å². The molecule has 0 nitrogen and oxygen atoms in total. The molecule has 0 radical (unpaired) electrons. The second-order valence-corrected chi connectivity index (χ2v) is 11.5. The predicted octanol–water partition coefficient (Wildman–Crippen LogP) is 6.06. The predicted molar refractivity (Wildman–Crippen MR) is 113 cm³/mol. The van der Waals surface area contributed by atoms with Gasteiger partial charge in [0.2, 0.25) is 0 Å². The van der Waals surface area contributed by atoms with Crippen LogP contribution in [0.5, 0.6) is 0 Å². The summed E-state index contributed by atoms with van der Waals surface area (Å²) in [6.45, 7) is 0. The number of thioether (sulfide) groups is 4. The van der Waals surface area contributed by atoms with Gasteiger partial charge in [0.25, 0.3) is 0 Å². The van der Waals surface area contributed by atoms with Gasteiger partial charge in [0, 0.05) is 0 Å². The summed E-state index contributed by atoms with van der Waals surface area (Å²) in [5.41, 5.74) is 6.21. The Balaban J connectivity index is 1.67. The van der Waals surface area contributed by atoms with Gasteiger partial charge in [0.1, 0.15) is 0 Å². The molecule has 4 heteroatoms. The summed E-state index contributed by atoms with van der Waals surface area (Å²) in [7, 11) is 0. The van der Waals surface area contributed by atoms with Crippen LogP contribution in [-0.2, 0) is 0 Å². The maximum Gasteiger partial charge on any atom is 0.0754 e. The van der Waals surface area contributed by atoms with Gasteiger partial charge in [-0.1, -0.05) is 36.5 Å². The molecule has 2 fully saturated rings. The minimum atomic E-state index is 0.630. The van der Waals surface area contributed by atoms with Crippen LogP contribution < -0.4 is 0 Å². The zero-order valence-electron chi connectivity index (χ0n) is 13.2. The molecule has 4 aliphatic rings. The first-order valence-electron chi connectivity index (χ1n) is 8.37. The molecule has 0 aromatic rings. The van der Waals surface area contributed by atoms with E-state index < -0.39 is 0 Å². The Kier molecular flexibility index (Phi) is 5.75. The molecule has 0 N–H and O–H groups in total. The zero-order valence-corrected chi connectivity index (χ0v) is 16.5. The first-order chi connectivity index (χ1) is 11.4. The lowest BCUT2D eigenvalue weighted by atomic mass is 9.98. The molecule has 2 heterocycles. The van der Waals surface area contributed by atoms with Crippen molar-refractivity contribution in [1.82, 2.24) is 0 Å². The van der Waals surface area contributed by atoms with Crippen molar-refractivity contribution in [1.29, 1.82) is 0 Å². The Hall–Kier alpha value is 0.1000. The molecular formula is C19H22S4. The molecular weight excluding hydrogens is 356 g/mol. The summed E-state index contributed by atoms with van der Waals surface area (Å²) in [5.74, 6) is 5.24. The van der Waals surface area contributed by atoms with Gasteiger partial charge >= 0.3 is 0 Å². The van der Waals surface area contributed by atoms with Gasteiger partial charge < -0.3 is 0 Å². The van der Waals surface area contributed by atoms with Crippen LogP contribution in [0.2, 0.25) is 0 Å². The highest BCUT2D eigenvalue weighted by Crippen LogP contribution is 2.45. The number of hydrogen-bond donors (Lipinski definition) is 0. The fraction of sp³-hybridized carbons (Fsp3) is 0.474. The van der Waals surface area contributed by atoms with Crippen molar-refractivity contribution in [3.8, 4) is 0 Å². The summed E-state index contributed by atoms with van der Waals surface area (Å²) in [4.78, 5) is 0. The lowest BCUT2D eigenvalue weighted by Crippen LogP contribution is -2.12. The molecule has 0 spiro atoms.